The largest absolute Gasteiger partial charge is 0.316 e. The number of fused-ring (bicyclic) bond motifs is 1. The van der Waals surface area contributed by atoms with E-state index in [-0.39, 0.29) is 5.56 Å². The lowest BCUT2D eigenvalue weighted by molar-refractivity contribution is 0.399. The van der Waals surface area contributed by atoms with Gasteiger partial charge in [-0.05, 0) is 25.8 Å². The van der Waals surface area contributed by atoms with Gasteiger partial charge >= 0.3 is 0 Å². The van der Waals surface area contributed by atoms with E-state index >= 15 is 0 Å². The number of hydrogen-bond donors (Lipinski definition) is 2. The van der Waals surface area contributed by atoms with Crippen molar-refractivity contribution in [2.45, 2.75) is 38.0 Å². The number of H-pyrrole nitrogens is 1. The molecule has 16 heavy (non-hydrogen) atoms. The smallest absolute Gasteiger partial charge is 0.254 e. The minimum Gasteiger partial charge on any atom is -0.316 e. The Kier molecular flexibility index (Phi) is 2.52. The van der Waals surface area contributed by atoms with Crippen molar-refractivity contribution in [3.63, 3.8) is 0 Å². The van der Waals surface area contributed by atoms with Gasteiger partial charge in [-0.25, -0.2) is 4.98 Å². The molecule has 2 aliphatic rings. The number of aromatic amines is 1. The van der Waals surface area contributed by atoms with Crippen molar-refractivity contribution in [1.29, 1.82) is 0 Å². The third kappa shape index (κ3) is 1.67. The summed E-state index contributed by atoms with van der Waals surface area (Å²) in [6.45, 7) is 1.83. The minimum atomic E-state index is 0.0931. The minimum absolute atomic E-state index is 0.0931. The molecular formula is C12H17N3O. The maximum atomic E-state index is 12.0. The van der Waals surface area contributed by atoms with Crippen LogP contribution in [0.2, 0.25) is 0 Å². The summed E-state index contributed by atoms with van der Waals surface area (Å²) in [4.78, 5) is 19.6. The van der Waals surface area contributed by atoms with E-state index in [2.05, 4.69) is 15.3 Å². The maximum absolute atomic E-state index is 12.0. The first-order valence-electron chi connectivity index (χ1n) is 6.17. The summed E-state index contributed by atoms with van der Waals surface area (Å²) < 4.78 is 0. The summed E-state index contributed by atoms with van der Waals surface area (Å²) >= 11 is 0. The zero-order valence-corrected chi connectivity index (χ0v) is 9.38. The third-order valence-electron chi connectivity index (χ3n) is 3.70. The van der Waals surface area contributed by atoms with Gasteiger partial charge < -0.3 is 10.3 Å². The van der Waals surface area contributed by atoms with Crippen LogP contribution < -0.4 is 10.9 Å². The second-order valence-electron chi connectivity index (χ2n) is 4.75. The van der Waals surface area contributed by atoms with Gasteiger partial charge in [-0.2, -0.15) is 0 Å². The molecule has 1 aromatic heterocycles. The molecule has 1 saturated carbocycles. The average Bonchev–Trinajstić information content (AvgIpc) is 2.40. The summed E-state index contributed by atoms with van der Waals surface area (Å²) in [5.41, 5.74) is 2.01. The van der Waals surface area contributed by atoms with Gasteiger partial charge in [0.25, 0.3) is 5.56 Å². The van der Waals surface area contributed by atoms with Gasteiger partial charge in [-0.15, -0.1) is 0 Å². The lowest BCUT2D eigenvalue weighted by Crippen LogP contribution is -2.24. The first-order valence-corrected chi connectivity index (χ1v) is 6.17. The Morgan fingerprint density at radius 3 is 2.75 bits per heavy atom. The summed E-state index contributed by atoms with van der Waals surface area (Å²) in [7, 11) is 0. The molecule has 1 fully saturated rings. The molecule has 4 nitrogen and oxygen atoms in total. The third-order valence-corrected chi connectivity index (χ3v) is 3.70. The highest BCUT2D eigenvalue weighted by atomic mass is 16.1. The van der Waals surface area contributed by atoms with Gasteiger partial charge in [0.15, 0.2) is 0 Å². The van der Waals surface area contributed by atoms with Crippen LogP contribution in [0.25, 0.3) is 0 Å². The van der Waals surface area contributed by atoms with E-state index in [0.29, 0.717) is 5.92 Å². The zero-order chi connectivity index (χ0) is 11.0. The fourth-order valence-corrected chi connectivity index (χ4v) is 2.45. The van der Waals surface area contributed by atoms with Crippen LogP contribution in [0.3, 0.4) is 0 Å². The van der Waals surface area contributed by atoms with Gasteiger partial charge in [0, 0.05) is 24.4 Å². The summed E-state index contributed by atoms with van der Waals surface area (Å²) in [5, 5.41) is 3.31. The highest BCUT2D eigenvalue weighted by Crippen LogP contribution is 2.34. The van der Waals surface area contributed by atoms with Gasteiger partial charge in [0.2, 0.25) is 0 Å². The summed E-state index contributed by atoms with van der Waals surface area (Å²) in [6.07, 6.45) is 5.33. The molecule has 2 N–H and O–H groups in total. The summed E-state index contributed by atoms with van der Waals surface area (Å²) in [5.74, 6) is 1.44. The van der Waals surface area contributed by atoms with Crippen molar-refractivity contribution in [3.05, 3.63) is 27.4 Å². The van der Waals surface area contributed by atoms with Gasteiger partial charge in [0.1, 0.15) is 5.82 Å². The molecule has 0 atom stereocenters. The Morgan fingerprint density at radius 1 is 1.19 bits per heavy atom. The fraction of sp³-hybridized carbons (Fsp3) is 0.667. The molecule has 2 heterocycles. The van der Waals surface area contributed by atoms with Crippen LogP contribution in [0.15, 0.2) is 4.79 Å². The zero-order valence-electron chi connectivity index (χ0n) is 9.38. The molecule has 0 radical (unpaired) electrons. The van der Waals surface area contributed by atoms with Crippen LogP contribution in [0, 0.1) is 0 Å². The van der Waals surface area contributed by atoms with Gasteiger partial charge in [-0.1, -0.05) is 6.42 Å². The number of rotatable bonds is 1. The predicted octanol–water partition coefficient (Wildman–Crippen LogP) is 0.726. The van der Waals surface area contributed by atoms with Crippen molar-refractivity contribution in [2.24, 2.45) is 0 Å². The lowest BCUT2D eigenvalue weighted by Gasteiger charge is -2.24. The van der Waals surface area contributed by atoms with E-state index < -0.39 is 0 Å². The SMILES string of the molecule is O=c1[nH]c(C2CCC2)nc2c1CCNCC2. The fourth-order valence-electron chi connectivity index (χ4n) is 2.45. The molecule has 1 aliphatic carbocycles. The standard InChI is InChI=1S/C12H17N3O/c16-12-9-4-6-13-7-5-10(9)14-11(15-12)8-2-1-3-8/h8,13H,1-7H2,(H,14,15,16). The normalized spacial score (nSPS) is 21.0. The number of nitrogens with one attached hydrogen (secondary N) is 2. The van der Waals surface area contributed by atoms with Crippen LogP contribution in [0.1, 0.15) is 42.3 Å². The Morgan fingerprint density at radius 2 is 2.00 bits per heavy atom. The molecule has 0 spiro atoms. The molecule has 4 heteroatoms. The highest BCUT2D eigenvalue weighted by molar-refractivity contribution is 5.21. The Balaban J connectivity index is 2.01. The van der Waals surface area contributed by atoms with E-state index in [1.165, 1.54) is 19.3 Å². The van der Waals surface area contributed by atoms with Crippen molar-refractivity contribution in [3.8, 4) is 0 Å². The van der Waals surface area contributed by atoms with E-state index in [9.17, 15) is 4.79 Å². The molecule has 1 aromatic rings. The van der Waals surface area contributed by atoms with Crippen LogP contribution in [-0.2, 0) is 12.8 Å². The number of nitrogens with zero attached hydrogens (tertiary/aromatic N) is 1. The number of hydrogen-bond acceptors (Lipinski definition) is 3. The Labute approximate surface area is 94.5 Å². The lowest BCUT2D eigenvalue weighted by atomic mass is 9.84. The maximum Gasteiger partial charge on any atom is 0.254 e. The van der Waals surface area contributed by atoms with Crippen LogP contribution >= 0.6 is 0 Å². The molecular weight excluding hydrogens is 202 g/mol. The predicted molar refractivity (Wildman–Crippen MR) is 61.7 cm³/mol. The molecule has 86 valence electrons. The monoisotopic (exact) mass is 219 g/mol. The molecule has 0 unspecified atom stereocenters. The molecule has 0 aromatic carbocycles. The quantitative estimate of drug-likeness (QED) is 0.732. The molecule has 0 amide bonds. The van der Waals surface area contributed by atoms with E-state index in [4.69, 9.17) is 0 Å². The second-order valence-corrected chi connectivity index (χ2v) is 4.75. The van der Waals surface area contributed by atoms with E-state index in [0.717, 1.165) is 43.0 Å². The van der Waals surface area contributed by atoms with Crippen LogP contribution in [-0.4, -0.2) is 23.1 Å². The van der Waals surface area contributed by atoms with Crippen LogP contribution in [0.4, 0.5) is 0 Å². The number of aromatic nitrogens is 2. The van der Waals surface area contributed by atoms with Crippen molar-refractivity contribution < 1.29 is 0 Å². The van der Waals surface area contributed by atoms with E-state index in [1.54, 1.807) is 0 Å². The first kappa shape index (κ1) is 10.0. The molecule has 3 rings (SSSR count). The molecule has 0 saturated heterocycles. The topological polar surface area (TPSA) is 57.8 Å². The van der Waals surface area contributed by atoms with Gasteiger partial charge in [-0.3, -0.25) is 4.79 Å². The molecule has 1 aliphatic heterocycles. The van der Waals surface area contributed by atoms with Crippen molar-refractivity contribution >= 4 is 0 Å². The summed E-state index contributed by atoms with van der Waals surface area (Å²) in [6, 6.07) is 0. The van der Waals surface area contributed by atoms with Crippen molar-refractivity contribution in [1.82, 2.24) is 15.3 Å². The Bertz CT molecular complexity index is 448. The molecule has 0 bridgehead atoms. The average molecular weight is 219 g/mol. The van der Waals surface area contributed by atoms with Gasteiger partial charge in [0.05, 0.1) is 5.69 Å². The van der Waals surface area contributed by atoms with Crippen molar-refractivity contribution in [2.75, 3.05) is 13.1 Å². The van der Waals surface area contributed by atoms with Crippen LogP contribution in [0.5, 0.6) is 0 Å². The second kappa shape index (κ2) is 4.01. The van der Waals surface area contributed by atoms with E-state index in [1.807, 2.05) is 0 Å². The highest BCUT2D eigenvalue weighted by Gasteiger charge is 2.24. The Hall–Kier alpha value is -1.16. The first-order chi connectivity index (χ1) is 7.84.